The van der Waals surface area contributed by atoms with E-state index in [0.717, 1.165) is 23.3 Å². The van der Waals surface area contributed by atoms with Gasteiger partial charge in [0.25, 0.3) is 5.91 Å². The Morgan fingerprint density at radius 1 is 1.42 bits per heavy atom. The van der Waals surface area contributed by atoms with Crippen molar-refractivity contribution in [2.75, 3.05) is 6.61 Å². The highest BCUT2D eigenvalue weighted by molar-refractivity contribution is 5.96. The van der Waals surface area contributed by atoms with E-state index in [1.165, 1.54) is 0 Å². The fourth-order valence-corrected chi connectivity index (χ4v) is 1.72. The highest BCUT2D eigenvalue weighted by Crippen LogP contribution is 2.27. The van der Waals surface area contributed by atoms with Gasteiger partial charge in [-0.05, 0) is 25.0 Å². The van der Waals surface area contributed by atoms with Crippen LogP contribution in [0.4, 0.5) is 0 Å². The lowest BCUT2D eigenvalue weighted by Crippen LogP contribution is -2.12. The van der Waals surface area contributed by atoms with Crippen molar-refractivity contribution in [2.24, 2.45) is 5.73 Å². The number of nitrogens with zero attached hydrogens (tertiary/aromatic N) is 2. The first-order valence-corrected chi connectivity index (χ1v) is 6.08. The van der Waals surface area contributed by atoms with Crippen molar-refractivity contribution in [3.63, 3.8) is 0 Å². The van der Waals surface area contributed by atoms with E-state index in [2.05, 4.69) is 15.4 Å². The summed E-state index contributed by atoms with van der Waals surface area (Å²) in [5.74, 6) is 0.165. The molecule has 2 aromatic rings. The van der Waals surface area contributed by atoms with Gasteiger partial charge in [0.05, 0.1) is 6.61 Å². The number of carbonyl (C=O) groups is 1. The highest BCUT2D eigenvalue weighted by atomic mass is 16.5. The van der Waals surface area contributed by atoms with Gasteiger partial charge in [-0.3, -0.25) is 4.79 Å². The molecule has 0 saturated carbocycles. The number of nitrogens with one attached hydrogen (secondary N) is 1. The van der Waals surface area contributed by atoms with Crippen LogP contribution in [0.3, 0.4) is 0 Å². The normalized spacial score (nSPS) is 10.4. The molecule has 0 aliphatic carbocycles. The Morgan fingerprint density at radius 2 is 2.21 bits per heavy atom. The van der Waals surface area contributed by atoms with Crippen molar-refractivity contribution in [2.45, 2.75) is 20.3 Å². The number of carbonyl (C=O) groups excluding carboxylic acids is 1. The zero-order chi connectivity index (χ0) is 13.8. The fraction of sp³-hybridized carbons (Fsp3) is 0.308. The molecular formula is C13H16N4O2. The van der Waals surface area contributed by atoms with Crippen LogP contribution >= 0.6 is 0 Å². The summed E-state index contributed by atoms with van der Waals surface area (Å²) in [6.45, 7) is 4.65. The van der Waals surface area contributed by atoms with Gasteiger partial charge in [-0.1, -0.05) is 19.1 Å². The first kappa shape index (κ1) is 13.1. The van der Waals surface area contributed by atoms with Gasteiger partial charge < -0.3 is 10.5 Å². The summed E-state index contributed by atoms with van der Waals surface area (Å²) in [6, 6.07) is 5.62. The number of aryl methyl sites for hydroxylation is 1. The second-order valence-electron chi connectivity index (χ2n) is 4.21. The summed E-state index contributed by atoms with van der Waals surface area (Å²) in [6.07, 6.45) is 0.931. The average Bonchev–Trinajstić information content (AvgIpc) is 2.87. The Labute approximate surface area is 111 Å². The van der Waals surface area contributed by atoms with E-state index < -0.39 is 5.91 Å². The summed E-state index contributed by atoms with van der Waals surface area (Å²) in [7, 11) is 0. The van der Waals surface area contributed by atoms with Crippen LogP contribution in [0.1, 0.15) is 29.4 Å². The molecule has 1 aromatic carbocycles. The maximum absolute atomic E-state index is 11.2. The monoisotopic (exact) mass is 260 g/mol. The van der Waals surface area contributed by atoms with Crippen LogP contribution in [-0.2, 0) is 0 Å². The van der Waals surface area contributed by atoms with Crippen LogP contribution in [0.2, 0.25) is 0 Å². The number of nitrogens with two attached hydrogens (primary N) is 1. The standard InChI is InChI=1S/C13H16N4O2/c1-3-6-19-10-7-9(5-4-8(10)2)11-12(13(14)18)16-17-15-11/h4-5,7H,3,6H2,1-2H3,(H2,14,18)(H,15,16,17). The van der Waals surface area contributed by atoms with Gasteiger partial charge in [-0.25, -0.2) is 0 Å². The van der Waals surface area contributed by atoms with Crippen LogP contribution in [0.15, 0.2) is 18.2 Å². The first-order valence-electron chi connectivity index (χ1n) is 6.08. The van der Waals surface area contributed by atoms with Crippen LogP contribution in [-0.4, -0.2) is 27.9 Å². The molecular weight excluding hydrogens is 244 g/mol. The summed E-state index contributed by atoms with van der Waals surface area (Å²) < 4.78 is 5.65. The Kier molecular flexibility index (Phi) is 3.79. The smallest absolute Gasteiger partial charge is 0.271 e. The van der Waals surface area contributed by atoms with Crippen molar-refractivity contribution in [3.05, 3.63) is 29.5 Å². The topological polar surface area (TPSA) is 93.9 Å². The Hall–Kier alpha value is -2.37. The molecule has 1 amide bonds. The summed E-state index contributed by atoms with van der Waals surface area (Å²) in [5, 5.41) is 10.1. The lowest BCUT2D eigenvalue weighted by Gasteiger charge is -2.09. The molecule has 0 unspecified atom stereocenters. The molecule has 6 nitrogen and oxygen atoms in total. The molecule has 100 valence electrons. The minimum absolute atomic E-state index is 0.130. The van der Waals surface area contributed by atoms with E-state index in [0.29, 0.717) is 12.3 Å². The van der Waals surface area contributed by atoms with Crippen LogP contribution in [0.5, 0.6) is 5.75 Å². The second-order valence-corrected chi connectivity index (χ2v) is 4.21. The molecule has 0 aliphatic heterocycles. The number of primary amides is 1. The summed E-state index contributed by atoms with van der Waals surface area (Å²) >= 11 is 0. The number of aromatic amines is 1. The lowest BCUT2D eigenvalue weighted by atomic mass is 10.1. The zero-order valence-electron chi connectivity index (χ0n) is 10.9. The van der Waals surface area contributed by atoms with Crippen LogP contribution in [0.25, 0.3) is 11.3 Å². The molecule has 3 N–H and O–H groups in total. The van der Waals surface area contributed by atoms with Crippen molar-refractivity contribution < 1.29 is 9.53 Å². The van der Waals surface area contributed by atoms with Crippen LogP contribution < -0.4 is 10.5 Å². The molecule has 0 aliphatic rings. The van der Waals surface area contributed by atoms with E-state index in [9.17, 15) is 4.79 Å². The van der Waals surface area contributed by atoms with Gasteiger partial charge in [0.15, 0.2) is 5.69 Å². The number of hydrogen-bond acceptors (Lipinski definition) is 4. The van der Waals surface area contributed by atoms with Gasteiger partial charge in [0.1, 0.15) is 11.4 Å². The SMILES string of the molecule is CCCOc1cc(-c2n[nH]nc2C(N)=O)ccc1C. The Bertz CT molecular complexity index is 592. The van der Waals surface area contributed by atoms with E-state index >= 15 is 0 Å². The largest absolute Gasteiger partial charge is 0.493 e. The molecule has 0 fully saturated rings. The van der Waals surface area contributed by atoms with Gasteiger partial charge >= 0.3 is 0 Å². The fourth-order valence-electron chi connectivity index (χ4n) is 1.72. The molecule has 2 rings (SSSR count). The maximum Gasteiger partial charge on any atom is 0.271 e. The third-order valence-electron chi connectivity index (χ3n) is 2.70. The molecule has 6 heteroatoms. The van der Waals surface area contributed by atoms with E-state index in [1.54, 1.807) is 0 Å². The molecule has 0 saturated heterocycles. The van der Waals surface area contributed by atoms with E-state index in [4.69, 9.17) is 10.5 Å². The molecule has 0 spiro atoms. The third-order valence-corrected chi connectivity index (χ3v) is 2.70. The minimum Gasteiger partial charge on any atom is -0.493 e. The van der Waals surface area contributed by atoms with Gasteiger partial charge in [-0.2, -0.15) is 15.4 Å². The average molecular weight is 260 g/mol. The Morgan fingerprint density at radius 3 is 2.89 bits per heavy atom. The maximum atomic E-state index is 11.2. The predicted molar refractivity (Wildman–Crippen MR) is 70.9 cm³/mol. The predicted octanol–water partition coefficient (Wildman–Crippen LogP) is 1.67. The summed E-state index contributed by atoms with van der Waals surface area (Å²) in [4.78, 5) is 11.2. The van der Waals surface area contributed by atoms with Crippen molar-refractivity contribution in [3.8, 4) is 17.0 Å². The number of rotatable bonds is 5. The number of benzene rings is 1. The van der Waals surface area contributed by atoms with Crippen LogP contribution in [0, 0.1) is 6.92 Å². The quantitative estimate of drug-likeness (QED) is 0.855. The van der Waals surface area contributed by atoms with E-state index in [-0.39, 0.29) is 5.69 Å². The number of amides is 1. The van der Waals surface area contributed by atoms with Gasteiger partial charge in [0, 0.05) is 5.56 Å². The van der Waals surface area contributed by atoms with Gasteiger partial charge in [0.2, 0.25) is 0 Å². The van der Waals surface area contributed by atoms with Crippen molar-refractivity contribution >= 4 is 5.91 Å². The lowest BCUT2D eigenvalue weighted by molar-refractivity contribution is 0.0996. The van der Waals surface area contributed by atoms with E-state index in [1.807, 2.05) is 32.0 Å². The first-order chi connectivity index (χ1) is 9.13. The molecule has 0 atom stereocenters. The molecule has 19 heavy (non-hydrogen) atoms. The third kappa shape index (κ3) is 2.73. The zero-order valence-corrected chi connectivity index (χ0v) is 10.9. The number of ether oxygens (including phenoxy) is 1. The summed E-state index contributed by atoms with van der Waals surface area (Å²) in [5.41, 5.74) is 7.60. The minimum atomic E-state index is -0.611. The van der Waals surface area contributed by atoms with Gasteiger partial charge in [-0.15, -0.1) is 0 Å². The van der Waals surface area contributed by atoms with Crippen molar-refractivity contribution in [1.29, 1.82) is 0 Å². The Balaban J connectivity index is 2.39. The molecule has 0 bridgehead atoms. The number of aromatic nitrogens is 3. The number of hydrogen-bond donors (Lipinski definition) is 2. The van der Waals surface area contributed by atoms with Crippen molar-refractivity contribution in [1.82, 2.24) is 15.4 Å². The molecule has 1 aromatic heterocycles. The number of H-pyrrole nitrogens is 1. The molecule has 1 heterocycles. The highest BCUT2D eigenvalue weighted by Gasteiger charge is 2.16. The molecule has 0 radical (unpaired) electrons. The second kappa shape index (κ2) is 5.51.